The number of aromatic nitrogens is 1. The fourth-order valence-corrected chi connectivity index (χ4v) is 3.74. The van der Waals surface area contributed by atoms with Crippen molar-refractivity contribution in [1.82, 2.24) is 4.98 Å². The molecule has 4 aromatic rings. The Hall–Kier alpha value is -3.70. The van der Waals surface area contributed by atoms with E-state index in [0.29, 0.717) is 34.6 Å². The number of pyridine rings is 1. The predicted molar refractivity (Wildman–Crippen MR) is 133 cm³/mol. The van der Waals surface area contributed by atoms with E-state index in [-0.39, 0.29) is 0 Å². The van der Waals surface area contributed by atoms with Crippen LogP contribution in [0.2, 0.25) is 5.02 Å². The van der Waals surface area contributed by atoms with Crippen LogP contribution in [-0.2, 0) is 6.61 Å². The first kappa shape index (κ1) is 22.5. The van der Waals surface area contributed by atoms with Gasteiger partial charge in [-0.1, -0.05) is 48.0 Å². The van der Waals surface area contributed by atoms with Crippen LogP contribution in [0.1, 0.15) is 16.8 Å². The highest BCUT2D eigenvalue weighted by Gasteiger charge is 2.14. The largest absolute Gasteiger partial charge is 0.493 e. The van der Waals surface area contributed by atoms with Gasteiger partial charge in [-0.05, 0) is 42.5 Å². The van der Waals surface area contributed by atoms with Crippen molar-refractivity contribution in [1.29, 1.82) is 0 Å². The average Bonchev–Trinajstić information content (AvgIpc) is 2.86. The minimum Gasteiger partial charge on any atom is -0.493 e. The van der Waals surface area contributed by atoms with E-state index >= 15 is 0 Å². The van der Waals surface area contributed by atoms with Crippen LogP contribution in [0.3, 0.4) is 0 Å². The van der Waals surface area contributed by atoms with Crippen molar-refractivity contribution in [2.24, 2.45) is 0 Å². The third-order valence-corrected chi connectivity index (χ3v) is 5.58. The topological polar surface area (TPSA) is 49.8 Å². The van der Waals surface area contributed by atoms with Crippen molar-refractivity contribution < 1.29 is 18.9 Å². The van der Waals surface area contributed by atoms with Gasteiger partial charge in [-0.2, -0.15) is 0 Å². The van der Waals surface area contributed by atoms with Crippen LogP contribution < -0.4 is 18.9 Å². The Kier molecular flexibility index (Phi) is 7.01. The molecule has 0 amide bonds. The molecule has 168 valence electrons. The highest BCUT2D eigenvalue weighted by molar-refractivity contribution is 6.31. The molecule has 4 rings (SSSR count). The second kappa shape index (κ2) is 10.3. The molecule has 3 aromatic carbocycles. The van der Waals surface area contributed by atoms with E-state index in [1.165, 1.54) is 0 Å². The lowest BCUT2D eigenvalue weighted by Gasteiger charge is -2.14. The zero-order valence-corrected chi connectivity index (χ0v) is 19.4. The highest BCUT2D eigenvalue weighted by Crippen LogP contribution is 2.40. The molecule has 0 aliphatic rings. The van der Waals surface area contributed by atoms with Crippen LogP contribution in [0.25, 0.3) is 23.1 Å². The van der Waals surface area contributed by atoms with Gasteiger partial charge < -0.3 is 18.9 Å². The molecule has 0 unspecified atom stereocenters. The van der Waals surface area contributed by atoms with Crippen molar-refractivity contribution >= 4 is 34.7 Å². The molecule has 0 radical (unpaired) electrons. The number of hydrogen-bond acceptors (Lipinski definition) is 5. The molecule has 0 spiro atoms. The summed E-state index contributed by atoms with van der Waals surface area (Å²) < 4.78 is 22.5. The van der Waals surface area contributed by atoms with Gasteiger partial charge >= 0.3 is 0 Å². The molecule has 5 nitrogen and oxygen atoms in total. The lowest BCUT2D eigenvalue weighted by Crippen LogP contribution is -1.98. The summed E-state index contributed by atoms with van der Waals surface area (Å²) in [6, 6.07) is 21.3. The number of methoxy groups -OCH3 is 3. The highest BCUT2D eigenvalue weighted by atomic mass is 35.5. The van der Waals surface area contributed by atoms with E-state index in [9.17, 15) is 0 Å². The van der Waals surface area contributed by atoms with E-state index in [0.717, 1.165) is 27.7 Å². The molecule has 0 aliphatic carbocycles. The van der Waals surface area contributed by atoms with Gasteiger partial charge in [0.05, 0.1) is 27.0 Å². The Labute approximate surface area is 198 Å². The van der Waals surface area contributed by atoms with Crippen molar-refractivity contribution in [3.8, 4) is 23.0 Å². The molecule has 0 saturated heterocycles. The standard InChI is InChI=1S/C27H24ClNO4/c1-30-24-16-13-19(26(31-2)27(24)32-3)12-15-21-14-11-18-8-6-10-23(25(18)29-21)33-17-20-7-4-5-9-22(20)28/h4-16H,17H2,1-3H3/b15-12-. The molecule has 0 aliphatic heterocycles. The Morgan fingerprint density at radius 3 is 2.33 bits per heavy atom. The minimum absolute atomic E-state index is 0.364. The van der Waals surface area contributed by atoms with Crippen molar-refractivity contribution in [3.63, 3.8) is 0 Å². The maximum atomic E-state index is 6.27. The van der Waals surface area contributed by atoms with Crippen molar-refractivity contribution in [2.75, 3.05) is 21.3 Å². The van der Waals surface area contributed by atoms with E-state index in [1.807, 2.05) is 78.9 Å². The van der Waals surface area contributed by atoms with Gasteiger partial charge in [0.15, 0.2) is 11.5 Å². The molecule has 0 atom stereocenters. The molecule has 33 heavy (non-hydrogen) atoms. The Bertz CT molecular complexity index is 1300. The molecular weight excluding hydrogens is 438 g/mol. The summed E-state index contributed by atoms with van der Waals surface area (Å²) in [6.07, 6.45) is 3.86. The monoisotopic (exact) mass is 461 g/mol. The van der Waals surface area contributed by atoms with Crippen LogP contribution in [-0.4, -0.2) is 26.3 Å². The Balaban J connectivity index is 1.64. The van der Waals surface area contributed by atoms with Gasteiger partial charge in [-0.15, -0.1) is 0 Å². The maximum Gasteiger partial charge on any atom is 0.203 e. The predicted octanol–water partition coefficient (Wildman–Crippen LogP) is 6.66. The molecule has 1 aromatic heterocycles. The van der Waals surface area contributed by atoms with Crippen molar-refractivity contribution in [2.45, 2.75) is 6.61 Å². The zero-order chi connectivity index (χ0) is 23.2. The summed E-state index contributed by atoms with van der Waals surface area (Å²) in [7, 11) is 4.78. The quantitative estimate of drug-likeness (QED) is 0.293. The summed E-state index contributed by atoms with van der Waals surface area (Å²) in [5.41, 5.74) is 3.34. The number of hydrogen-bond donors (Lipinski definition) is 0. The fraction of sp³-hybridized carbons (Fsp3) is 0.148. The maximum absolute atomic E-state index is 6.27. The number of rotatable bonds is 8. The number of para-hydroxylation sites is 1. The first-order valence-electron chi connectivity index (χ1n) is 10.4. The number of ether oxygens (including phenoxy) is 4. The molecule has 6 heteroatoms. The number of fused-ring (bicyclic) bond motifs is 1. The van der Waals surface area contributed by atoms with Crippen molar-refractivity contribution in [3.05, 3.63) is 88.6 Å². The zero-order valence-electron chi connectivity index (χ0n) is 18.7. The van der Waals surface area contributed by atoms with E-state index in [4.69, 9.17) is 35.5 Å². The average molecular weight is 462 g/mol. The minimum atomic E-state index is 0.364. The van der Waals surface area contributed by atoms with Crippen LogP contribution in [0, 0.1) is 0 Å². The van der Waals surface area contributed by atoms with Gasteiger partial charge in [-0.3, -0.25) is 0 Å². The van der Waals surface area contributed by atoms with E-state index in [2.05, 4.69) is 0 Å². The van der Waals surface area contributed by atoms with Crippen LogP contribution in [0.15, 0.2) is 66.7 Å². The summed E-state index contributed by atoms with van der Waals surface area (Å²) in [5, 5.41) is 1.67. The summed E-state index contributed by atoms with van der Waals surface area (Å²) in [5.74, 6) is 2.45. The second-order valence-corrected chi connectivity index (χ2v) is 7.61. The molecule has 0 N–H and O–H groups in total. The third kappa shape index (κ3) is 4.89. The number of halogens is 1. The summed E-state index contributed by atoms with van der Waals surface area (Å²) in [4.78, 5) is 4.82. The van der Waals surface area contributed by atoms with Gasteiger partial charge in [0.2, 0.25) is 5.75 Å². The molecule has 0 saturated carbocycles. The van der Waals surface area contributed by atoms with Crippen LogP contribution in [0.5, 0.6) is 23.0 Å². The SMILES string of the molecule is COc1ccc(/C=C\c2ccc3cccc(OCc4ccccc4Cl)c3n2)c(OC)c1OC. The van der Waals surface area contributed by atoms with Gasteiger partial charge in [0, 0.05) is 21.5 Å². The van der Waals surface area contributed by atoms with Gasteiger partial charge in [0.1, 0.15) is 17.9 Å². The van der Waals surface area contributed by atoms with Gasteiger partial charge in [0.25, 0.3) is 0 Å². The summed E-state index contributed by atoms with van der Waals surface area (Å²) in [6.45, 7) is 0.364. The first-order chi connectivity index (χ1) is 16.1. The molecule has 0 bridgehead atoms. The molecular formula is C27H24ClNO4. The third-order valence-electron chi connectivity index (χ3n) is 5.21. The second-order valence-electron chi connectivity index (χ2n) is 7.20. The summed E-state index contributed by atoms with van der Waals surface area (Å²) >= 11 is 6.27. The van der Waals surface area contributed by atoms with E-state index in [1.54, 1.807) is 21.3 Å². The normalized spacial score (nSPS) is 11.0. The molecule has 1 heterocycles. The number of nitrogens with zero attached hydrogens (tertiary/aromatic N) is 1. The smallest absolute Gasteiger partial charge is 0.203 e. The lowest BCUT2D eigenvalue weighted by molar-refractivity contribution is 0.309. The van der Waals surface area contributed by atoms with E-state index < -0.39 is 0 Å². The Morgan fingerprint density at radius 2 is 1.58 bits per heavy atom. The lowest BCUT2D eigenvalue weighted by atomic mass is 10.1. The van der Waals surface area contributed by atoms with Crippen LogP contribution >= 0.6 is 11.6 Å². The Morgan fingerprint density at radius 1 is 0.758 bits per heavy atom. The first-order valence-corrected chi connectivity index (χ1v) is 10.8. The van der Waals surface area contributed by atoms with Gasteiger partial charge in [-0.25, -0.2) is 4.98 Å². The fourth-order valence-electron chi connectivity index (χ4n) is 3.55. The van der Waals surface area contributed by atoms with Crippen LogP contribution in [0.4, 0.5) is 0 Å². The number of benzene rings is 3. The molecule has 0 fully saturated rings.